The minimum Gasteiger partial charge on any atom is -0.438 e. The highest BCUT2D eigenvalue weighted by molar-refractivity contribution is 5.97. The van der Waals surface area contributed by atoms with E-state index in [0.717, 1.165) is 52.7 Å². The third-order valence-electron chi connectivity index (χ3n) is 3.96. The summed E-state index contributed by atoms with van der Waals surface area (Å²) >= 11 is 0. The van der Waals surface area contributed by atoms with Crippen LogP contribution >= 0.6 is 0 Å². The molecule has 0 amide bonds. The number of ether oxygens (including phenoxy) is 1. The quantitative estimate of drug-likeness (QED) is 0.728. The van der Waals surface area contributed by atoms with Crippen LogP contribution in [-0.4, -0.2) is 9.97 Å². The van der Waals surface area contributed by atoms with Crippen LogP contribution in [-0.2, 0) is 12.8 Å². The molecule has 104 valence electrons. The SMILES string of the molecule is Nc1ccc(Oc2ncnc3c2CCC3)c2ccccc12. The van der Waals surface area contributed by atoms with E-state index in [1.54, 1.807) is 6.33 Å². The molecule has 0 bridgehead atoms. The Morgan fingerprint density at radius 1 is 0.952 bits per heavy atom. The number of aryl methyl sites for hydroxylation is 1. The molecule has 0 spiro atoms. The van der Waals surface area contributed by atoms with Crippen molar-refractivity contribution in [3.63, 3.8) is 0 Å². The monoisotopic (exact) mass is 277 g/mol. The largest absolute Gasteiger partial charge is 0.438 e. The summed E-state index contributed by atoms with van der Waals surface area (Å²) in [5.41, 5.74) is 9.03. The molecule has 1 heterocycles. The fourth-order valence-electron chi connectivity index (χ4n) is 2.91. The van der Waals surface area contributed by atoms with Crippen LogP contribution < -0.4 is 10.5 Å². The predicted octanol–water partition coefficient (Wildman–Crippen LogP) is 3.49. The molecule has 0 saturated carbocycles. The third-order valence-corrected chi connectivity index (χ3v) is 3.96. The maximum absolute atomic E-state index is 6.08. The van der Waals surface area contributed by atoms with Gasteiger partial charge in [0.2, 0.25) is 5.88 Å². The Kier molecular flexibility index (Phi) is 2.74. The van der Waals surface area contributed by atoms with Crippen molar-refractivity contribution in [2.24, 2.45) is 0 Å². The fourth-order valence-corrected chi connectivity index (χ4v) is 2.91. The van der Waals surface area contributed by atoms with Gasteiger partial charge in [-0.05, 0) is 31.4 Å². The van der Waals surface area contributed by atoms with E-state index in [9.17, 15) is 0 Å². The number of nitrogens with two attached hydrogens (primary N) is 1. The number of hydrogen-bond acceptors (Lipinski definition) is 4. The van der Waals surface area contributed by atoms with Gasteiger partial charge >= 0.3 is 0 Å². The molecule has 1 aromatic heterocycles. The second-order valence-electron chi connectivity index (χ2n) is 5.26. The van der Waals surface area contributed by atoms with Crippen LogP contribution in [0.3, 0.4) is 0 Å². The molecule has 1 aliphatic carbocycles. The van der Waals surface area contributed by atoms with Crippen molar-refractivity contribution < 1.29 is 4.74 Å². The van der Waals surface area contributed by atoms with Gasteiger partial charge in [0.05, 0.1) is 5.69 Å². The van der Waals surface area contributed by atoms with E-state index >= 15 is 0 Å². The van der Waals surface area contributed by atoms with Crippen molar-refractivity contribution in [3.05, 3.63) is 54.0 Å². The van der Waals surface area contributed by atoms with E-state index in [1.165, 1.54) is 0 Å². The summed E-state index contributed by atoms with van der Waals surface area (Å²) in [6.07, 6.45) is 4.70. The van der Waals surface area contributed by atoms with Gasteiger partial charge in [-0.3, -0.25) is 0 Å². The molecule has 1 aliphatic rings. The van der Waals surface area contributed by atoms with Gasteiger partial charge in [0.1, 0.15) is 12.1 Å². The van der Waals surface area contributed by atoms with E-state index in [-0.39, 0.29) is 0 Å². The van der Waals surface area contributed by atoms with E-state index < -0.39 is 0 Å². The lowest BCUT2D eigenvalue weighted by atomic mass is 10.1. The molecule has 4 rings (SSSR count). The first-order valence-electron chi connectivity index (χ1n) is 7.11. The molecule has 21 heavy (non-hydrogen) atoms. The molecule has 0 atom stereocenters. The summed E-state index contributed by atoms with van der Waals surface area (Å²) in [7, 11) is 0. The number of fused-ring (bicyclic) bond motifs is 2. The average Bonchev–Trinajstić information content (AvgIpc) is 3.00. The highest BCUT2D eigenvalue weighted by Gasteiger charge is 2.19. The molecule has 0 unspecified atom stereocenters. The number of benzene rings is 2. The lowest BCUT2D eigenvalue weighted by Crippen LogP contribution is -1.97. The summed E-state index contributed by atoms with van der Waals surface area (Å²) in [4.78, 5) is 8.64. The van der Waals surface area contributed by atoms with Crippen molar-refractivity contribution in [1.82, 2.24) is 9.97 Å². The lowest BCUT2D eigenvalue weighted by molar-refractivity contribution is 0.460. The molecule has 2 N–H and O–H groups in total. The van der Waals surface area contributed by atoms with Gasteiger partial charge in [0, 0.05) is 22.0 Å². The molecule has 4 heteroatoms. The van der Waals surface area contributed by atoms with Gasteiger partial charge in [-0.15, -0.1) is 0 Å². The molecule has 0 aliphatic heterocycles. The fraction of sp³-hybridized carbons (Fsp3) is 0.176. The molecule has 2 aromatic carbocycles. The first kappa shape index (κ1) is 12.1. The zero-order valence-electron chi connectivity index (χ0n) is 11.5. The molecule has 3 aromatic rings. The average molecular weight is 277 g/mol. The summed E-state index contributed by atoms with van der Waals surface area (Å²) < 4.78 is 6.08. The van der Waals surface area contributed by atoms with E-state index in [4.69, 9.17) is 10.5 Å². The third kappa shape index (κ3) is 2.00. The number of anilines is 1. The van der Waals surface area contributed by atoms with E-state index in [1.807, 2.05) is 36.4 Å². The maximum Gasteiger partial charge on any atom is 0.225 e. The number of hydrogen-bond donors (Lipinski definition) is 1. The predicted molar refractivity (Wildman–Crippen MR) is 82.5 cm³/mol. The normalized spacial score (nSPS) is 13.3. The highest BCUT2D eigenvalue weighted by Crippen LogP contribution is 2.35. The molecular formula is C17H15N3O. The second kappa shape index (κ2) is 4.74. The van der Waals surface area contributed by atoms with Gasteiger partial charge in [-0.2, -0.15) is 0 Å². The molecular weight excluding hydrogens is 262 g/mol. The first-order chi connectivity index (χ1) is 10.3. The van der Waals surface area contributed by atoms with Gasteiger partial charge < -0.3 is 10.5 Å². The van der Waals surface area contributed by atoms with Crippen LogP contribution in [0.15, 0.2) is 42.7 Å². The lowest BCUT2D eigenvalue weighted by Gasteiger charge is -2.12. The molecule has 0 saturated heterocycles. The Hall–Kier alpha value is -2.62. The second-order valence-corrected chi connectivity index (χ2v) is 5.26. The van der Waals surface area contributed by atoms with Crippen LogP contribution in [0, 0.1) is 0 Å². The topological polar surface area (TPSA) is 61.0 Å². The number of nitrogens with zero attached hydrogens (tertiary/aromatic N) is 2. The first-order valence-corrected chi connectivity index (χ1v) is 7.11. The Bertz CT molecular complexity index is 829. The van der Waals surface area contributed by atoms with Crippen molar-refractivity contribution in [2.75, 3.05) is 5.73 Å². The van der Waals surface area contributed by atoms with Crippen molar-refractivity contribution in [2.45, 2.75) is 19.3 Å². The van der Waals surface area contributed by atoms with E-state index in [0.29, 0.717) is 5.88 Å². The van der Waals surface area contributed by atoms with Gasteiger partial charge in [0.15, 0.2) is 0 Å². The van der Waals surface area contributed by atoms with Crippen LogP contribution in [0.4, 0.5) is 5.69 Å². The minimum absolute atomic E-state index is 0.674. The zero-order chi connectivity index (χ0) is 14.2. The Labute approximate surface area is 122 Å². The van der Waals surface area contributed by atoms with Crippen LogP contribution in [0.25, 0.3) is 10.8 Å². The maximum atomic E-state index is 6.08. The smallest absolute Gasteiger partial charge is 0.225 e. The molecule has 0 radical (unpaired) electrons. The van der Waals surface area contributed by atoms with E-state index in [2.05, 4.69) is 9.97 Å². The van der Waals surface area contributed by atoms with Gasteiger partial charge in [-0.1, -0.05) is 24.3 Å². The summed E-state index contributed by atoms with van der Waals surface area (Å²) in [5, 5.41) is 2.00. The zero-order valence-corrected chi connectivity index (χ0v) is 11.5. The van der Waals surface area contributed by atoms with Crippen LogP contribution in [0.5, 0.6) is 11.6 Å². The van der Waals surface area contributed by atoms with Crippen LogP contribution in [0.1, 0.15) is 17.7 Å². The number of nitrogen functional groups attached to an aromatic ring is 1. The Balaban J connectivity index is 1.82. The Morgan fingerprint density at radius 2 is 1.81 bits per heavy atom. The Morgan fingerprint density at radius 3 is 2.71 bits per heavy atom. The molecule has 4 nitrogen and oxygen atoms in total. The van der Waals surface area contributed by atoms with Gasteiger partial charge in [-0.25, -0.2) is 9.97 Å². The summed E-state index contributed by atoms with van der Waals surface area (Å²) in [6.45, 7) is 0. The van der Waals surface area contributed by atoms with Crippen LogP contribution in [0.2, 0.25) is 0 Å². The number of aromatic nitrogens is 2. The molecule has 0 fully saturated rings. The van der Waals surface area contributed by atoms with Crippen molar-refractivity contribution >= 4 is 16.5 Å². The standard InChI is InChI=1S/C17H15N3O/c18-14-8-9-16(12-5-2-1-4-11(12)14)21-17-13-6-3-7-15(13)19-10-20-17/h1-2,4-5,8-10H,3,6-7,18H2. The van der Waals surface area contributed by atoms with Crippen molar-refractivity contribution in [1.29, 1.82) is 0 Å². The summed E-state index contributed by atoms with van der Waals surface area (Å²) in [6, 6.07) is 11.8. The number of rotatable bonds is 2. The highest BCUT2D eigenvalue weighted by atomic mass is 16.5. The van der Waals surface area contributed by atoms with Crippen molar-refractivity contribution in [3.8, 4) is 11.6 Å². The summed E-state index contributed by atoms with van der Waals surface area (Å²) in [5.74, 6) is 1.46. The van der Waals surface area contributed by atoms with Gasteiger partial charge in [0.25, 0.3) is 0 Å². The minimum atomic E-state index is 0.674.